The first-order valence-corrected chi connectivity index (χ1v) is 11.2. The van der Waals surface area contributed by atoms with Crippen LogP contribution in [0.3, 0.4) is 0 Å². The summed E-state index contributed by atoms with van der Waals surface area (Å²) in [7, 11) is 0. The zero-order valence-electron chi connectivity index (χ0n) is 17.7. The maximum atomic E-state index is 13.3. The third-order valence-corrected chi connectivity index (χ3v) is 6.07. The Balaban J connectivity index is 1.57. The highest BCUT2D eigenvalue weighted by Gasteiger charge is 2.37. The van der Waals surface area contributed by atoms with Gasteiger partial charge in [-0.05, 0) is 24.6 Å². The second-order valence-electron chi connectivity index (χ2n) is 8.11. The van der Waals surface area contributed by atoms with Gasteiger partial charge in [0.05, 0.1) is 24.8 Å². The number of hydrogen-bond acceptors (Lipinski definition) is 5. The molecule has 1 aromatic heterocycles. The van der Waals surface area contributed by atoms with Crippen LogP contribution in [-0.2, 0) is 4.74 Å². The number of fused-ring (bicyclic) bond motifs is 1. The fourth-order valence-electron chi connectivity index (χ4n) is 4.24. The molecule has 1 aromatic carbocycles. The van der Waals surface area contributed by atoms with Gasteiger partial charge in [0.25, 0.3) is 5.91 Å². The standard InChI is InChI=1S/C22H28ClN5O3/c1-2-3-4-17-12-27(14-18-13-26(10-9-24)22(30)31-18)21(29)20-11-19(25-28(17)20)15-5-7-16(23)8-6-15/h5-8,11,17-18H,2-4,9-10,12-14,24H2,1H3. The molecule has 8 nitrogen and oxygen atoms in total. The smallest absolute Gasteiger partial charge is 0.410 e. The molecule has 31 heavy (non-hydrogen) atoms. The molecule has 2 aromatic rings. The van der Waals surface area contributed by atoms with Gasteiger partial charge in [0.15, 0.2) is 0 Å². The summed E-state index contributed by atoms with van der Waals surface area (Å²) in [6, 6.07) is 9.39. The lowest BCUT2D eigenvalue weighted by Crippen LogP contribution is -2.47. The molecule has 0 bridgehead atoms. The van der Waals surface area contributed by atoms with Gasteiger partial charge in [-0.15, -0.1) is 0 Å². The monoisotopic (exact) mass is 445 g/mol. The SMILES string of the molecule is CCCCC1CN(CC2CN(CCN)C(=O)O2)C(=O)c2cc(-c3ccc(Cl)cc3)nn21. The van der Waals surface area contributed by atoms with E-state index in [0.29, 0.717) is 43.4 Å². The van der Waals surface area contributed by atoms with Crippen LogP contribution in [0.15, 0.2) is 30.3 Å². The zero-order valence-corrected chi connectivity index (χ0v) is 18.4. The minimum absolute atomic E-state index is 0.0888. The summed E-state index contributed by atoms with van der Waals surface area (Å²) in [6.45, 7) is 4.37. The Labute approximate surface area is 186 Å². The van der Waals surface area contributed by atoms with Gasteiger partial charge in [-0.3, -0.25) is 9.48 Å². The highest BCUT2D eigenvalue weighted by molar-refractivity contribution is 6.30. The van der Waals surface area contributed by atoms with Crippen LogP contribution in [0, 0.1) is 0 Å². The van der Waals surface area contributed by atoms with Crippen LogP contribution in [0.4, 0.5) is 4.79 Å². The first-order chi connectivity index (χ1) is 15.0. The number of rotatable bonds is 8. The van der Waals surface area contributed by atoms with Crippen molar-refractivity contribution in [3.63, 3.8) is 0 Å². The predicted octanol–water partition coefficient (Wildman–Crippen LogP) is 3.17. The molecule has 0 aliphatic carbocycles. The molecule has 2 unspecified atom stereocenters. The van der Waals surface area contributed by atoms with Crippen molar-refractivity contribution < 1.29 is 14.3 Å². The molecule has 2 aliphatic heterocycles. The van der Waals surface area contributed by atoms with E-state index in [4.69, 9.17) is 27.2 Å². The van der Waals surface area contributed by atoms with E-state index in [1.807, 2.05) is 35.0 Å². The average molecular weight is 446 g/mol. The molecular weight excluding hydrogens is 418 g/mol. The molecule has 0 spiro atoms. The summed E-state index contributed by atoms with van der Waals surface area (Å²) in [6.07, 6.45) is 2.33. The van der Waals surface area contributed by atoms with Gasteiger partial charge in [-0.25, -0.2) is 4.79 Å². The summed E-state index contributed by atoms with van der Waals surface area (Å²) >= 11 is 6.01. The molecule has 1 fully saturated rings. The third kappa shape index (κ3) is 4.55. The molecule has 0 saturated carbocycles. The van der Waals surface area contributed by atoms with E-state index in [1.54, 1.807) is 9.80 Å². The number of benzene rings is 1. The van der Waals surface area contributed by atoms with Gasteiger partial charge in [-0.1, -0.05) is 43.5 Å². The van der Waals surface area contributed by atoms with Gasteiger partial charge in [0.1, 0.15) is 11.8 Å². The Morgan fingerprint density at radius 2 is 1.97 bits per heavy atom. The lowest BCUT2D eigenvalue weighted by molar-refractivity contribution is 0.0524. The van der Waals surface area contributed by atoms with Crippen LogP contribution in [0.25, 0.3) is 11.3 Å². The van der Waals surface area contributed by atoms with Crippen LogP contribution in [0.1, 0.15) is 42.7 Å². The number of nitrogens with zero attached hydrogens (tertiary/aromatic N) is 4. The molecule has 2 atom stereocenters. The van der Waals surface area contributed by atoms with Crippen LogP contribution in [0.5, 0.6) is 0 Å². The molecule has 3 heterocycles. The van der Waals surface area contributed by atoms with Gasteiger partial charge in [0, 0.05) is 30.2 Å². The topological polar surface area (TPSA) is 93.7 Å². The first kappa shape index (κ1) is 21.6. The minimum Gasteiger partial charge on any atom is -0.442 e. The van der Waals surface area contributed by atoms with E-state index in [2.05, 4.69) is 6.92 Å². The Kier molecular flexibility index (Phi) is 6.48. The summed E-state index contributed by atoms with van der Waals surface area (Å²) in [5, 5.41) is 5.43. The van der Waals surface area contributed by atoms with E-state index in [-0.39, 0.29) is 24.1 Å². The molecule has 166 valence electrons. The van der Waals surface area contributed by atoms with Crippen LogP contribution < -0.4 is 5.73 Å². The van der Waals surface area contributed by atoms with E-state index in [0.717, 1.165) is 30.5 Å². The fraction of sp³-hybridized carbons (Fsp3) is 0.500. The van der Waals surface area contributed by atoms with E-state index in [1.165, 1.54) is 0 Å². The molecular formula is C22H28ClN5O3. The number of hydrogen-bond donors (Lipinski definition) is 1. The molecule has 9 heteroatoms. The molecule has 4 rings (SSSR count). The normalized spacial score (nSPS) is 20.9. The van der Waals surface area contributed by atoms with Crippen molar-refractivity contribution >= 4 is 23.6 Å². The Bertz CT molecular complexity index is 945. The number of carbonyl (C=O) groups excluding carboxylic acids is 2. The summed E-state index contributed by atoms with van der Waals surface area (Å²) in [4.78, 5) is 28.7. The number of nitrogens with two attached hydrogens (primary N) is 1. The van der Waals surface area contributed by atoms with Crippen LogP contribution in [0.2, 0.25) is 5.02 Å². The zero-order chi connectivity index (χ0) is 22.0. The van der Waals surface area contributed by atoms with Crippen molar-refractivity contribution in [2.75, 3.05) is 32.7 Å². The second-order valence-corrected chi connectivity index (χ2v) is 8.55. The minimum atomic E-state index is -0.363. The quantitative estimate of drug-likeness (QED) is 0.673. The van der Waals surface area contributed by atoms with Crippen LogP contribution >= 0.6 is 11.6 Å². The third-order valence-electron chi connectivity index (χ3n) is 5.82. The fourth-order valence-corrected chi connectivity index (χ4v) is 4.36. The average Bonchev–Trinajstić information content (AvgIpc) is 3.34. The lowest BCUT2D eigenvalue weighted by atomic mass is 10.1. The van der Waals surface area contributed by atoms with Crippen molar-refractivity contribution in [1.29, 1.82) is 0 Å². The first-order valence-electron chi connectivity index (χ1n) is 10.8. The Morgan fingerprint density at radius 3 is 2.68 bits per heavy atom. The van der Waals surface area contributed by atoms with Crippen molar-refractivity contribution in [3.8, 4) is 11.3 Å². The summed E-state index contributed by atoms with van der Waals surface area (Å²) < 4.78 is 7.35. The van der Waals surface area contributed by atoms with Gasteiger partial charge in [0.2, 0.25) is 0 Å². The number of ether oxygens (including phenoxy) is 1. The van der Waals surface area contributed by atoms with Crippen molar-refractivity contribution in [1.82, 2.24) is 19.6 Å². The highest BCUT2D eigenvalue weighted by atomic mass is 35.5. The highest BCUT2D eigenvalue weighted by Crippen LogP contribution is 2.30. The van der Waals surface area contributed by atoms with Gasteiger partial charge >= 0.3 is 6.09 Å². The number of carbonyl (C=O) groups is 2. The van der Waals surface area contributed by atoms with Crippen molar-refractivity contribution in [2.45, 2.75) is 38.3 Å². The van der Waals surface area contributed by atoms with Gasteiger partial charge in [-0.2, -0.15) is 5.10 Å². The Hall–Kier alpha value is -2.58. The lowest BCUT2D eigenvalue weighted by Gasteiger charge is -2.34. The van der Waals surface area contributed by atoms with Crippen LogP contribution in [-0.4, -0.2) is 70.4 Å². The molecule has 2 aliphatic rings. The largest absolute Gasteiger partial charge is 0.442 e. The molecule has 1 saturated heterocycles. The number of amides is 2. The maximum absolute atomic E-state index is 13.3. The number of halogens is 1. The van der Waals surface area contributed by atoms with E-state index in [9.17, 15) is 9.59 Å². The summed E-state index contributed by atoms with van der Waals surface area (Å²) in [5.41, 5.74) is 7.81. The van der Waals surface area contributed by atoms with E-state index >= 15 is 0 Å². The van der Waals surface area contributed by atoms with Gasteiger partial charge < -0.3 is 20.3 Å². The van der Waals surface area contributed by atoms with Crippen molar-refractivity contribution in [2.24, 2.45) is 5.73 Å². The number of cyclic esters (lactones) is 1. The number of unbranched alkanes of at least 4 members (excludes halogenated alkanes) is 1. The summed E-state index contributed by atoms with van der Waals surface area (Å²) in [5.74, 6) is -0.0891. The Morgan fingerprint density at radius 1 is 1.19 bits per heavy atom. The predicted molar refractivity (Wildman–Crippen MR) is 118 cm³/mol. The van der Waals surface area contributed by atoms with Crippen molar-refractivity contribution in [3.05, 3.63) is 41.0 Å². The number of aromatic nitrogens is 2. The molecule has 0 radical (unpaired) electrons. The molecule has 2 N–H and O–H groups in total. The molecule has 2 amide bonds. The van der Waals surface area contributed by atoms with E-state index < -0.39 is 0 Å². The second kappa shape index (κ2) is 9.28. The maximum Gasteiger partial charge on any atom is 0.410 e.